The number of halogens is 2. The summed E-state index contributed by atoms with van der Waals surface area (Å²) >= 11 is 9.42. The van der Waals surface area contributed by atoms with Crippen molar-refractivity contribution >= 4 is 44.4 Å². The normalized spacial score (nSPS) is 16.0. The van der Waals surface area contributed by atoms with Gasteiger partial charge in [0, 0.05) is 29.8 Å². The van der Waals surface area contributed by atoms with Gasteiger partial charge in [-0.25, -0.2) is 0 Å². The Labute approximate surface area is 175 Å². The van der Waals surface area contributed by atoms with Crippen LogP contribution in [0, 0.1) is 0 Å². The van der Waals surface area contributed by atoms with Crippen LogP contribution in [0.1, 0.15) is 34.1 Å². The average molecular weight is 463 g/mol. The van der Waals surface area contributed by atoms with E-state index in [4.69, 9.17) is 20.8 Å². The lowest BCUT2D eigenvalue weighted by molar-refractivity contribution is 0.0708. The van der Waals surface area contributed by atoms with E-state index in [1.54, 1.807) is 42.3 Å². The Balaban J connectivity index is 1.92. The summed E-state index contributed by atoms with van der Waals surface area (Å²) in [4.78, 5) is 28.1. The molecule has 2 heterocycles. The van der Waals surface area contributed by atoms with Crippen LogP contribution in [0.15, 0.2) is 56.1 Å². The van der Waals surface area contributed by atoms with Gasteiger partial charge in [-0.15, -0.1) is 0 Å². The zero-order valence-corrected chi connectivity index (χ0v) is 17.4. The van der Waals surface area contributed by atoms with Gasteiger partial charge in [-0.05, 0) is 42.3 Å². The number of fused-ring (bicyclic) bond motifs is 2. The minimum Gasteiger partial charge on any atom is -0.450 e. The minimum atomic E-state index is -0.517. The Morgan fingerprint density at radius 3 is 2.64 bits per heavy atom. The first-order valence-corrected chi connectivity index (χ1v) is 10.00. The molecule has 0 radical (unpaired) electrons. The van der Waals surface area contributed by atoms with E-state index < -0.39 is 6.04 Å². The second-order valence-electron chi connectivity index (χ2n) is 6.61. The van der Waals surface area contributed by atoms with Crippen molar-refractivity contribution in [3.8, 4) is 0 Å². The fourth-order valence-electron chi connectivity index (χ4n) is 3.59. The summed E-state index contributed by atoms with van der Waals surface area (Å²) in [6, 6.07) is 11.9. The maximum Gasteiger partial charge on any atom is 0.290 e. The number of carbonyl (C=O) groups is 1. The number of nitrogens with zero attached hydrogens (tertiary/aromatic N) is 1. The molecule has 0 spiro atoms. The Bertz CT molecular complexity index is 1110. The standard InChI is InChI=1S/C21H17BrClNO4/c1-27-10-2-9-24-18(12-3-6-14(23)7-4-12)17-19(25)15-11-13(22)5-8-16(15)28-20(17)21(24)26/h3-8,11,18H,2,9-10H2,1H3/t18-/m1/s1. The molecule has 0 bridgehead atoms. The molecule has 2 aromatic carbocycles. The number of amides is 1. The topological polar surface area (TPSA) is 59.8 Å². The van der Waals surface area contributed by atoms with Crippen molar-refractivity contribution in [2.45, 2.75) is 12.5 Å². The van der Waals surface area contributed by atoms with Gasteiger partial charge in [0.05, 0.1) is 17.0 Å². The molecule has 1 aliphatic heterocycles. The van der Waals surface area contributed by atoms with E-state index in [9.17, 15) is 9.59 Å². The monoisotopic (exact) mass is 461 g/mol. The molecule has 7 heteroatoms. The lowest BCUT2D eigenvalue weighted by atomic mass is 9.98. The highest BCUT2D eigenvalue weighted by Crippen LogP contribution is 2.38. The van der Waals surface area contributed by atoms with Crippen LogP contribution < -0.4 is 5.43 Å². The molecule has 3 aromatic rings. The van der Waals surface area contributed by atoms with Gasteiger partial charge in [0.15, 0.2) is 5.43 Å². The van der Waals surface area contributed by atoms with Crippen LogP contribution in [0.3, 0.4) is 0 Å². The lowest BCUT2D eigenvalue weighted by Gasteiger charge is -2.25. The molecule has 0 N–H and O–H groups in total. The van der Waals surface area contributed by atoms with Gasteiger partial charge in [-0.1, -0.05) is 39.7 Å². The summed E-state index contributed by atoms with van der Waals surface area (Å²) in [5, 5.41) is 1.03. The van der Waals surface area contributed by atoms with Gasteiger partial charge in [-0.2, -0.15) is 0 Å². The van der Waals surface area contributed by atoms with Crippen LogP contribution in [0.5, 0.6) is 0 Å². The van der Waals surface area contributed by atoms with Gasteiger partial charge in [0.1, 0.15) is 5.58 Å². The van der Waals surface area contributed by atoms with Gasteiger partial charge in [0.25, 0.3) is 5.91 Å². The first-order valence-electron chi connectivity index (χ1n) is 8.83. The van der Waals surface area contributed by atoms with E-state index in [0.29, 0.717) is 41.1 Å². The summed E-state index contributed by atoms with van der Waals surface area (Å²) in [5.41, 5.74) is 1.39. The Kier molecular flexibility index (Phi) is 5.27. The van der Waals surface area contributed by atoms with Gasteiger partial charge in [0.2, 0.25) is 5.76 Å². The molecule has 0 aliphatic carbocycles. The van der Waals surface area contributed by atoms with Crippen molar-refractivity contribution in [3.63, 3.8) is 0 Å². The lowest BCUT2D eigenvalue weighted by Crippen LogP contribution is -2.31. The molecule has 28 heavy (non-hydrogen) atoms. The van der Waals surface area contributed by atoms with Crippen molar-refractivity contribution in [1.29, 1.82) is 0 Å². The van der Waals surface area contributed by atoms with Crippen LogP contribution in [0.2, 0.25) is 5.02 Å². The molecule has 4 rings (SSSR count). The molecule has 1 aromatic heterocycles. The number of rotatable bonds is 5. The third kappa shape index (κ3) is 3.26. The van der Waals surface area contributed by atoms with Crippen molar-refractivity contribution in [1.82, 2.24) is 4.90 Å². The highest BCUT2D eigenvalue weighted by molar-refractivity contribution is 9.10. The molecule has 0 saturated heterocycles. The summed E-state index contributed by atoms with van der Waals surface area (Å²) in [7, 11) is 1.62. The molecular weight excluding hydrogens is 446 g/mol. The fourth-order valence-corrected chi connectivity index (χ4v) is 4.08. The molecule has 0 fully saturated rings. The quantitative estimate of drug-likeness (QED) is 0.512. The number of hydrogen-bond acceptors (Lipinski definition) is 4. The van der Waals surface area contributed by atoms with Crippen molar-refractivity contribution < 1.29 is 13.9 Å². The molecule has 0 unspecified atom stereocenters. The Morgan fingerprint density at radius 1 is 1.18 bits per heavy atom. The summed E-state index contributed by atoms with van der Waals surface area (Å²) in [5.74, 6) is -0.176. The second-order valence-corrected chi connectivity index (χ2v) is 7.97. The van der Waals surface area contributed by atoms with Crippen LogP contribution in [0.4, 0.5) is 0 Å². The molecule has 5 nitrogen and oxygen atoms in total. The summed E-state index contributed by atoms with van der Waals surface area (Å²) < 4.78 is 11.8. The molecule has 1 atom stereocenters. The zero-order valence-electron chi connectivity index (χ0n) is 15.1. The number of ether oxygens (including phenoxy) is 1. The van der Waals surface area contributed by atoms with Crippen molar-refractivity contribution in [2.24, 2.45) is 0 Å². The minimum absolute atomic E-state index is 0.109. The molecule has 0 saturated carbocycles. The van der Waals surface area contributed by atoms with Gasteiger partial charge < -0.3 is 14.1 Å². The van der Waals surface area contributed by atoms with Gasteiger partial charge in [-0.3, -0.25) is 9.59 Å². The number of carbonyl (C=O) groups excluding carboxylic acids is 1. The van der Waals surface area contributed by atoms with E-state index in [0.717, 1.165) is 10.0 Å². The maximum absolute atomic E-state index is 13.3. The SMILES string of the molecule is COCCCN1C(=O)c2oc3ccc(Br)cc3c(=O)c2[C@H]1c1ccc(Cl)cc1. The number of hydrogen-bond donors (Lipinski definition) is 0. The molecular formula is C21H17BrClNO4. The van der Waals surface area contributed by atoms with E-state index in [-0.39, 0.29) is 17.1 Å². The van der Waals surface area contributed by atoms with Crippen molar-refractivity contribution in [2.75, 3.05) is 20.3 Å². The molecule has 144 valence electrons. The number of methoxy groups -OCH3 is 1. The predicted octanol–water partition coefficient (Wildman–Crippen LogP) is 4.79. The van der Waals surface area contributed by atoms with E-state index >= 15 is 0 Å². The smallest absolute Gasteiger partial charge is 0.290 e. The molecule has 1 aliphatic rings. The van der Waals surface area contributed by atoms with Gasteiger partial charge >= 0.3 is 0 Å². The van der Waals surface area contributed by atoms with Crippen LogP contribution in [0.25, 0.3) is 11.0 Å². The van der Waals surface area contributed by atoms with E-state index in [1.807, 2.05) is 12.1 Å². The van der Waals surface area contributed by atoms with Crippen LogP contribution >= 0.6 is 27.5 Å². The second kappa shape index (κ2) is 7.70. The first kappa shape index (κ1) is 19.2. The largest absolute Gasteiger partial charge is 0.450 e. The highest BCUT2D eigenvalue weighted by atomic mass is 79.9. The summed E-state index contributed by atoms with van der Waals surface area (Å²) in [6.45, 7) is 0.966. The predicted molar refractivity (Wildman–Crippen MR) is 111 cm³/mol. The summed E-state index contributed by atoms with van der Waals surface area (Å²) in [6.07, 6.45) is 0.652. The number of benzene rings is 2. The van der Waals surface area contributed by atoms with Crippen molar-refractivity contribution in [3.05, 3.63) is 79.1 Å². The van der Waals surface area contributed by atoms with E-state index in [2.05, 4.69) is 15.9 Å². The van der Waals surface area contributed by atoms with Crippen LogP contribution in [-0.4, -0.2) is 31.1 Å². The highest BCUT2D eigenvalue weighted by Gasteiger charge is 2.42. The van der Waals surface area contributed by atoms with Crippen LogP contribution in [-0.2, 0) is 4.74 Å². The fraction of sp³-hybridized carbons (Fsp3) is 0.238. The third-order valence-electron chi connectivity index (χ3n) is 4.86. The zero-order chi connectivity index (χ0) is 19.8. The maximum atomic E-state index is 13.3. The molecule has 1 amide bonds. The Morgan fingerprint density at radius 2 is 1.93 bits per heavy atom. The third-order valence-corrected chi connectivity index (χ3v) is 5.61. The average Bonchev–Trinajstić information content (AvgIpc) is 2.96. The first-order chi connectivity index (χ1) is 13.5. The van der Waals surface area contributed by atoms with E-state index in [1.165, 1.54) is 0 Å². The Hall–Kier alpha value is -2.15.